The number of hydrogen-bond acceptors (Lipinski definition) is 4. The normalized spacial score (nSPS) is 13.9. The molecule has 0 heterocycles. The maximum atomic E-state index is 11.2. The van der Waals surface area contributed by atoms with Crippen LogP contribution in [0.2, 0.25) is 0 Å². The van der Waals surface area contributed by atoms with E-state index in [1.807, 2.05) is 6.92 Å². The van der Waals surface area contributed by atoms with Crippen molar-refractivity contribution >= 4 is 15.6 Å². The number of rotatable bonds is 7. The summed E-state index contributed by atoms with van der Waals surface area (Å²) >= 11 is 0. The Morgan fingerprint density at radius 3 is 2.36 bits per heavy atom. The fraction of sp³-hybridized carbons (Fsp3) is 0.889. The molecule has 0 fully saturated rings. The van der Waals surface area contributed by atoms with Gasteiger partial charge < -0.3 is 4.74 Å². The second-order valence-electron chi connectivity index (χ2n) is 3.50. The molecule has 5 heteroatoms. The van der Waals surface area contributed by atoms with Crippen LogP contribution in [0, 0.1) is 0 Å². The molecule has 84 valence electrons. The average Bonchev–Trinajstić information content (AvgIpc) is 2.09. The van der Waals surface area contributed by atoms with Gasteiger partial charge in [-0.2, -0.15) is 0 Å². The Labute approximate surface area is 85.6 Å². The molecule has 1 unspecified atom stereocenters. The summed E-state index contributed by atoms with van der Waals surface area (Å²) in [5, 5.41) is 0. The van der Waals surface area contributed by atoms with Gasteiger partial charge >= 0.3 is 0 Å². The SMILES string of the molecule is COC(C)CCC(=O)CCS(C)(=O)=O. The van der Waals surface area contributed by atoms with Crippen LogP contribution in [0.5, 0.6) is 0 Å². The van der Waals surface area contributed by atoms with Crippen LogP contribution >= 0.6 is 0 Å². The molecule has 0 saturated heterocycles. The Hall–Kier alpha value is -0.420. The van der Waals surface area contributed by atoms with Gasteiger partial charge in [-0.3, -0.25) is 4.79 Å². The second-order valence-corrected chi connectivity index (χ2v) is 5.76. The third kappa shape index (κ3) is 8.19. The van der Waals surface area contributed by atoms with E-state index in [9.17, 15) is 13.2 Å². The third-order valence-electron chi connectivity index (χ3n) is 1.98. The molecule has 0 aliphatic heterocycles. The summed E-state index contributed by atoms with van der Waals surface area (Å²) in [7, 11) is -1.43. The lowest BCUT2D eigenvalue weighted by Crippen LogP contribution is -2.12. The lowest BCUT2D eigenvalue weighted by Gasteiger charge is -2.07. The molecule has 0 bridgehead atoms. The molecule has 0 amide bonds. The highest BCUT2D eigenvalue weighted by atomic mass is 32.2. The second kappa shape index (κ2) is 6.14. The summed E-state index contributed by atoms with van der Waals surface area (Å²) < 4.78 is 26.5. The minimum Gasteiger partial charge on any atom is -0.382 e. The largest absolute Gasteiger partial charge is 0.382 e. The Morgan fingerprint density at radius 2 is 1.93 bits per heavy atom. The van der Waals surface area contributed by atoms with Gasteiger partial charge in [-0.1, -0.05) is 0 Å². The van der Waals surface area contributed by atoms with Crippen LogP contribution in [-0.4, -0.2) is 39.4 Å². The molecule has 0 N–H and O–H groups in total. The Morgan fingerprint density at radius 1 is 1.36 bits per heavy atom. The highest BCUT2D eigenvalue weighted by Crippen LogP contribution is 2.03. The molecule has 0 aromatic heterocycles. The van der Waals surface area contributed by atoms with E-state index in [2.05, 4.69) is 0 Å². The van der Waals surface area contributed by atoms with Gasteiger partial charge in [0.2, 0.25) is 0 Å². The van der Waals surface area contributed by atoms with Gasteiger partial charge in [-0.15, -0.1) is 0 Å². The number of ether oxygens (including phenoxy) is 1. The predicted molar refractivity (Wildman–Crippen MR) is 55.0 cm³/mol. The number of carbonyl (C=O) groups is 1. The molecule has 0 spiro atoms. The van der Waals surface area contributed by atoms with E-state index < -0.39 is 9.84 Å². The molecule has 0 radical (unpaired) electrons. The van der Waals surface area contributed by atoms with Crippen LogP contribution in [0.4, 0.5) is 0 Å². The first-order valence-electron chi connectivity index (χ1n) is 4.57. The van der Waals surface area contributed by atoms with Gasteiger partial charge in [0.1, 0.15) is 15.6 Å². The highest BCUT2D eigenvalue weighted by Gasteiger charge is 2.09. The van der Waals surface area contributed by atoms with Crippen molar-refractivity contribution in [3.8, 4) is 0 Å². The first kappa shape index (κ1) is 13.6. The van der Waals surface area contributed by atoms with E-state index in [0.29, 0.717) is 12.8 Å². The van der Waals surface area contributed by atoms with E-state index >= 15 is 0 Å². The molecule has 0 aliphatic rings. The van der Waals surface area contributed by atoms with Crippen molar-refractivity contribution in [2.45, 2.75) is 32.3 Å². The lowest BCUT2D eigenvalue weighted by atomic mass is 10.1. The zero-order chi connectivity index (χ0) is 11.2. The van der Waals surface area contributed by atoms with Crippen molar-refractivity contribution in [2.75, 3.05) is 19.1 Å². The van der Waals surface area contributed by atoms with Gasteiger partial charge in [0.15, 0.2) is 0 Å². The van der Waals surface area contributed by atoms with Gasteiger partial charge in [0.25, 0.3) is 0 Å². The number of hydrogen-bond donors (Lipinski definition) is 0. The fourth-order valence-electron chi connectivity index (χ4n) is 0.906. The smallest absolute Gasteiger partial charge is 0.147 e. The summed E-state index contributed by atoms with van der Waals surface area (Å²) in [6.07, 6.45) is 2.36. The molecule has 0 aromatic carbocycles. The number of ketones is 1. The predicted octanol–water partition coefficient (Wildman–Crippen LogP) is 0.805. The monoisotopic (exact) mass is 222 g/mol. The Kier molecular flexibility index (Phi) is 5.95. The Balaban J connectivity index is 3.67. The average molecular weight is 222 g/mol. The van der Waals surface area contributed by atoms with E-state index in [0.717, 1.165) is 6.26 Å². The van der Waals surface area contributed by atoms with Crippen molar-refractivity contribution in [1.29, 1.82) is 0 Å². The quantitative estimate of drug-likeness (QED) is 0.639. The van der Waals surface area contributed by atoms with E-state index in [1.165, 1.54) is 0 Å². The minimum atomic E-state index is -3.02. The van der Waals surface area contributed by atoms with Gasteiger partial charge in [-0.05, 0) is 13.3 Å². The van der Waals surface area contributed by atoms with Gasteiger partial charge in [-0.25, -0.2) is 8.42 Å². The van der Waals surface area contributed by atoms with Crippen LogP contribution < -0.4 is 0 Å². The van der Waals surface area contributed by atoms with Crippen LogP contribution in [0.3, 0.4) is 0 Å². The van der Waals surface area contributed by atoms with E-state index in [4.69, 9.17) is 4.74 Å². The summed E-state index contributed by atoms with van der Waals surface area (Å²) in [6.45, 7) is 1.88. The minimum absolute atomic E-state index is 0.0145. The molecule has 0 saturated carbocycles. The third-order valence-corrected chi connectivity index (χ3v) is 2.93. The molecule has 0 aromatic rings. The summed E-state index contributed by atoms with van der Waals surface area (Å²) in [6, 6.07) is 0. The highest BCUT2D eigenvalue weighted by molar-refractivity contribution is 7.90. The summed E-state index contributed by atoms with van der Waals surface area (Å²) in [5.41, 5.74) is 0. The zero-order valence-corrected chi connectivity index (χ0v) is 9.76. The molecule has 0 aliphatic carbocycles. The molecule has 14 heavy (non-hydrogen) atoms. The van der Waals surface area contributed by atoms with Crippen molar-refractivity contribution in [2.24, 2.45) is 0 Å². The number of carbonyl (C=O) groups excluding carboxylic acids is 1. The first-order chi connectivity index (χ1) is 6.35. The molecule has 0 rings (SSSR count). The van der Waals surface area contributed by atoms with Crippen LogP contribution in [0.25, 0.3) is 0 Å². The number of methoxy groups -OCH3 is 1. The van der Waals surface area contributed by atoms with Gasteiger partial charge in [0.05, 0.1) is 11.9 Å². The molecular weight excluding hydrogens is 204 g/mol. The first-order valence-corrected chi connectivity index (χ1v) is 6.63. The molecule has 4 nitrogen and oxygen atoms in total. The van der Waals surface area contributed by atoms with Crippen molar-refractivity contribution in [1.82, 2.24) is 0 Å². The standard InChI is InChI=1S/C9H18O4S/c1-8(13-2)4-5-9(10)6-7-14(3,11)12/h8H,4-7H2,1-3H3. The molecular formula is C9H18O4S. The maximum Gasteiger partial charge on any atom is 0.147 e. The zero-order valence-electron chi connectivity index (χ0n) is 8.95. The summed E-state index contributed by atoms with van der Waals surface area (Å²) in [4.78, 5) is 11.2. The number of sulfone groups is 1. The van der Waals surface area contributed by atoms with Crippen LogP contribution in [0.15, 0.2) is 0 Å². The van der Waals surface area contributed by atoms with Gasteiger partial charge in [0, 0.05) is 26.2 Å². The van der Waals surface area contributed by atoms with Crippen molar-refractivity contribution < 1.29 is 17.9 Å². The van der Waals surface area contributed by atoms with E-state index in [-0.39, 0.29) is 24.1 Å². The van der Waals surface area contributed by atoms with Crippen LogP contribution in [0.1, 0.15) is 26.2 Å². The summed E-state index contributed by atoms with van der Waals surface area (Å²) in [5.74, 6) is -0.0629. The molecule has 1 atom stereocenters. The maximum absolute atomic E-state index is 11.2. The van der Waals surface area contributed by atoms with Crippen molar-refractivity contribution in [3.63, 3.8) is 0 Å². The fourth-order valence-corrected chi connectivity index (χ4v) is 1.50. The van der Waals surface area contributed by atoms with E-state index in [1.54, 1.807) is 7.11 Å². The van der Waals surface area contributed by atoms with Crippen molar-refractivity contribution in [3.05, 3.63) is 0 Å². The topological polar surface area (TPSA) is 60.4 Å². The number of Topliss-reactive ketones (excluding diaryl/α,β-unsaturated/α-hetero) is 1. The Bertz CT molecular complexity index is 269. The van der Waals surface area contributed by atoms with Crippen LogP contribution in [-0.2, 0) is 19.4 Å². The lowest BCUT2D eigenvalue weighted by molar-refractivity contribution is -0.119.